The maximum atomic E-state index is 6.63. The molecule has 2 saturated carbocycles. The van der Waals surface area contributed by atoms with E-state index in [0.29, 0.717) is 12.0 Å². The highest BCUT2D eigenvalue weighted by atomic mass is 16.5. The maximum absolute atomic E-state index is 6.63. The Morgan fingerprint density at radius 3 is 1.82 bits per heavy atom. The Bertz CT molecular complexity index is 227. The molecule has 0 amide bonds. The molecule has 0 aromatic heterocycles. The van der Waals surface area contributed by atoms with Gasteiger partial charge in [0.2, 0.25) is 0 Å². The van der Waals surface area contributed by atoms with E-state index in [9.17, 15) is 0 Å². The van der Waals surface area contributed by atoms with Crippen LogP contribution < -0.4 is 5.73 Å². The minimum atomic E-state index is 0.422. The van der Waals surface area contributed by atoms with Crippen LogP contribution >= 0.6 is 0 Å². The highest BCUT2D eigenvalue weighted by molar-refractivity contribution is 4.94. The normalized spacial score (nSPS) is 33.2. The fraction of sp³-hybridized carbons (Fsp3) is 1.00. The van der Waals surface area contributed by atoms with E-state index in [0.717, 1.165) is 31.0 Å². The van der Waals surface area contributed by atoms with Crippen molar-refractivity contribution in [3.05, 3.63) is 0 Å². The SMILES string of the molecule is NC(C1CCCOC1)C(C1CCC1)C1CCC1. The van der Waals surface area contributed by atoms with Crippen LogP contribution in [0.3, 0.4) is 0 Å². The van der Waals surface area contributed by atoms with Gasteiger partial charge in [-0.1, -0.05) is 38.5 Å². The zero-order valence-corrected chi connectivity index (χ0v) is 10.9. The smallest absolute Gasteiger partial charge is 0.0509 e. The van der Waals surface area contributed by atoms with Crippen LogP contribution in [0.4, 0.5) is 0 Å². The maximum Gasteiger partial charge on any atom is 0.0509 e. The lowest BCUT2D eigenvalue weighted by Gasteiger charge is -2.47. The molecular weight excluding hydrogens is 210 g/mol. The molecule has 17 heavy (non-hydrogen) atoms. The van der Waals surface area contributed by atoms with Gasteiger partial charge >= 0.3 is 0 Å². The van der Waals surface area contributed by atoms with Gasteiger partial charge in [0.25, 0.3) is 0 Å². The predicted octanol–water partition coefficient (Wildman–Crippen LogP) is 2.96. The first-order valence-corrected chi connectivity index (χ1v) is 7.69. The van der Waals surface area contributed by atoms with Gasteiger partial charge in [-0.15, -0.1) is 0 Å². The van der Waals surface area contributed by atoms with Crippen molar-refractivity contribution in [3.63, 3.8) is 0 Å². The van der Waals surface area contributed by atoms with E-state index in [1.165, 1.54) is 51.4 Å². The quantitative estimate of drug-likeness (QED) is 0.816. The highest BCUT2D eigenvalue weighted by Crippen LogP contribution is 2.47. The summed E-state index contributed by atoms with van der Waals surface area (Å²) in [6.07, 6.45) is 11.2. The average Bonchev–Trinajstić information content (AvgIpc) is 2.24. The van der Waals surface area contributed by atoms with E-state index in [1.54, 1.807) is 0 Å². The number of ether oxygens (including phenoxy) is 1. The van der Waals surface area contributed by atoms with E-state index in [2.05, 4.69) is 0 Å². The molecule has 2 N–H and O–H groups in total. The molecule has 1 heterocycles. The van der Waals surface area contributed by atoms with Gasteiger partial charge in [0.1, 0.15) is 0 Å². The molecule has 2 unspecified atom stereocenters. The Hall–Kier alpha value is -0.0800. The van der Waals surface area contributed by atoms with E-state index in [-0.39, 0.29) is 0 Å². The number of hydrogen-bond acceptors (Lipinski definition) is 2. The molecular formula is C15H27NO. The van der Waals surface area contributed by atoms with Crippen LogP contribution in [0.25, 0.3) is 0 Å². The largest absolute Gasteiger partial charge is 0.381 e. The predicted molar refractivity (Wildman–Crippen MR) is 69.7 cm³/mol. The summed E-state index contributed by atoms with van der Waals surface area (Å²) in [5.74, 6) is 3.38. The third-order valence-corrected chi connectivity index (χ3v) is 5.57. The molecule has 2 heteroatoms. The van der Waals surface area contributed by atoms with Crippen LogP contribution in [0.15, 0.2) is 0 Å². The van der Waals surface area contributed by atoms with Crippen molar-refractivity contribution >= 4 is 0 Å². The van der Waals surface area contributed by atoms with Gasteiger partial charge in [0, 0.05) is 12.6 Å². The first kappa shape index (κ1) is 12.0. The fourth-order valence-electron chi connectivity index (χ4n) is 4.05. The van der Waals surface area contributed by atoms with Gasteiger partial charge in [-0.05, 0) is 36.5 Å². The topological polar surface area (TPSA) is 35.2 Å². The summed E-state index contributed by atoms with van der Waals surface area (Å²) in [4.78, 5) is 0. The Labute approximate surface area is 105 Å². The third-order valence-electron chi connectivity index (χ3n) is 5.57. The number of nitrogens with two attached hydrogens (primary N) is 1. The van der Waals surface area contributed by atoms with Gasteiger partial charge in [0.05, 0.1) is 6.61 Å². The second kappa shape index (κ2) is 5.27. The lowest BCUT2D eigenvalue weighted by molar-refractivity contribution is -0.00182. The molecule has 2 nitrogen and oxygen atoms in total. The van der Waals surface area contributed by atoms with E-state index < -0.39 is 0 Å². The number of rotatable bonds is 4. The summed E-state index contributed by atoms with van der Waals surface area (Å²) in [7, 11) is 0. The molecule has 0 radical (unpaired) electrons. The molecule has 98 valence electrons. The zero-order chi connectivity index (χ0) is 11.7. The van der Waals surface area contributed by atoms with Crippen molar-refractivity contribution in [1.29, 1.82) is 0 Å². The van der Waals surface area contributed by atoms with Crippen LogP contribution in [-0.4, -0.2) is 19.3 Å². The molecule has 2 atom stereocenters. The van der Waals surface area contributed by atoms with Crippen LogP contribution in [0, 0.1) is 23.7 Å². The van der Waals surface area contributed by atoms with Crippen LogP contribution in [0.2, 0.25) is 0 Å². The van der Waals surface area contributed by atoms with Crippen LogP contribution in [-0.2, 0) is 4.74 Å². The molecule has 0 aromatic carbocycles. The van der Waals surface area contributed by atoms with Gasteiger partial charge in [-0.25, -0.2) is 0 Å². The summed E-state index contributed by atoms with van der Waals surface area (Å²) in [5.41, 5.74) is 6.63. The first-order chi connectivity index (χ1) is 8.36. The lowest BCUT2D eigenvalue weighted by Crippen LogP contribution is -2.50. The second-order valence-electron chi connectivity index (χ2n) is 6.51. The highest BCUT2D eigenvalue weighted by Gasteiger charge is 2.42. The Kier molecular flexibility index (Phi) is 3.72. The molecule has 1 saturated heterocycles. The molecule has 0 bridgehead atoms. The standard InChI is InChI=1S/C15H27NO/c16-15(13-8-3-9-17-10-13)14(11-4-1-5-11)12-6-2-7-12/h11-15H,1-10,16H2. The second-order valence-corrected chi connectivity index (χ2v) is 6.51. The molecule has 3 aliphatic rings. The summed E-state index contributed by atoms with van der Waals surface area (Å²) in [6, 6.07) is 0.422. The van der Waals surface area contributed by atoms with E-state index >= 15 is 0 Å². The summed E-state index contributed by atoms with van der Waals surface area (Å²) < 4.78 is 5.64. The van der Waals surface area contributed by atoms with E-state index in [1.807, 2.05) is 0 Å². The molecule has 0 aromatic rings. The van der Waals surface area contributed by atoms with Crippen molar-refractivity contribution in [3.8, 4) is 0 Å². The molecule has 0 spiro atoms. The van der Waals surface area contributed by atoms with Crippen molar-refractivity contribution in [2.24, 2.45) is 29.4 Å². The average molecular weight is 237 g/mol. The summed E-state index contributed by atoms with van der Waals surface area (Å²) >= 11 is 0. The molecule has 1 aliphatic heterocycles. The van der Waals surface area contributed by atoms with Crippen LogP contribution in [0.1, 0.15) is 51.4 Å². The Balaban J connectivity index is 1.63. The Morgan fingerprint density at radius 2 is 1.41 bits per heavy atom. The van der Waals surface area contributed by atoms with Gasteiger partial charge < -0.3 is 10.5 Å². The fourth-order valence-corrected chi connectivity index (χ4v) is 4.05. The van der Waals surface area contributed by atoms with E-state index in [4.69, 9.17) is 10.5 Å². The van der Waals surface area contributed by atoms with Crippen molar-refractivity contribution in [1.82, 2.24) is 0 Å². The molecule has 3 fully saturated rings. The third kappa shape index (κ3) is 2.39. The summed E-state index contributed by atoms with van der Waals surface area (Å²) in [6.45, 7) is 1.89. The van der Waals surface area contributed by atoms with Crippen molar-refractivity contribution in [2.75, 3.05) is 13.2 Å². The molecule has 3 rings (SSSR count). The summed E-state index contributed by atoms with van der Waals surface area (Å²) in [5, 5.41) is 0. The van der Waals surface area contributed by atoms with Crippen LogP contribution in [0.5, 0.6) is 0 Å². The lowest BCUT2D eigenvalue weighted by atomic mass is 9.60. The molecule has 2 aliphatic carbocycles. The monoisotopic (exact) mass is 237 g/mol. The zero-order valence-electron chi connectivity index (χ0n) is 10.9. The van der Waals surface area contributed by atoms with Gasteiger partial charge in [-0.2, -0.15) is 0 Å². The minimum absolute atomic E-state index is 0.422. The minimum Gasteiger partial charge on any atom is -0.381 e. The van der Waals surface area contributed by atoms with Gasteiger partial charge in [-0.3, -0.25) is 0 Å². The first-order valence-electron chi connectivity index (χ1n) is 7.69. The van der Waals surface area contributed by atoms with Crippen molar-refractivity contribution < 1.29 is 4.74 Å². The Morgan fingerprint density at radius 1 is 0.824 bits per heavy atom. The number of hydrogen-bond donors (Lipinski definition) is 1. The van der Waals surface area contributed by atoms with Crippen molar-refractivity contribution in [2.45, 2.75) is 57.4 Å². The van der Waals surface area contributed by atoms with Gasteiger partial charge in [0.15, 0.2) is 0 Å².